The Labute approximate surface area is 144 Å². The van der Waals surface area contributed by atoms with E-state index in [-0.39, 0.29) is 23.1 Å². The van der Waals surface area contributed by atoms with Crippen molar-refractivity contribution in [1.82, 2.24) is 4.98 Å². The molecule has 2 aromatic rings. The maximum atomic E-state index is 11.6. The molecule has 3 rings (SSSR count). The van der Waals surface area contributed by atoms with Crippen LogP contribution < -0.4 is 10.2 Å². The Morgan fingerprint density at radius 2 is 2.16 bits per heavy atom. The second-order valence-electron chi connectivity index (χ2n) is 5.76. The van der Waals surface area contributed by atoms with E-state index < -0.39 is 10.9 Å². The summed E-state index contributed by atoms with van der Waals surface area (Å²) >= 11 is 0. The minimum absolute atomic E-state index is 0.0658. The average molecular weight is 342 g/mol. The van der Waals surface area contributed by atoms with Gasteiger partial charge < -0.3 is 15.0 Å². The van der Waals surface area contributed by atoms with Gasteiger partial charge in [0, 0.05) is 37.1 Å². The fourth-order valence-corrected chi connectivity index (χ4v) is 2.89. The topological polar surface area (TPSA) is 97.6 Å². The number of methoxy groups -OCH3 is 1. The third-order valence-electron chi connectivity index (χ3n) is 4.10. The van der Waals surface area contributed by atoms with E-state index in [2.05, 4.69) is 15.0 Å². The summed E-state index contributed by atoms with van der Waals surface area (Å²) in [5.74, 6) is -0.373. The number of esters is 1. The molecule has 25 heavy (non-hydrogen) atoms. The number of pyridine rings is 1. The SMILES string of the molecule is COC(=O)c1cnc(N2CCC(Nc3ccccc3)C2)c([N+](=O)[O-])c1. The lowest BCUT2D eigenvalue weighted by atomic mass is 10.2. The van der Waals surface area contributed by atoms with Crippen LogP contribution in [-0.2, 0) is 4.74 Å². The van der Waals surface area contributed by atoms with E-state index in [1.54, 1.807) is 0 Å². The highest BCUT2D eigenvalue weighted by molar-refractivity contribution is 5.90. The number of carbonyl (C=O) groups is 1. The van der Waals surface area contributed by atoms with Crippen molar-refractivity contribution in [2.75, 3.05) is 30.4 Å². The van der Waals surface area contributed by atoms with Gasteiger partial charge in [0.1, 0.15) is 0 Å². The number of hydrogen-bond donors (Lipinski definition) is 1. The predicted molar refractivity (Wildman–Crippen MR) is 92.9 cm³/mol. The third kappa shape index (κ3) is 3.68. The summed E-state index contributed by atoms with van der Waals surface area (Å²) in [6.45, 7) is 1.25. The van der Waals surface area contributed by atoms with Crippen LogP contribution in [-0.4, -0.2) is 42.1 Å². The number of hydrogen-bond acceptors (Lipinski definition) is 7. The minimum Gasteiger partial charge on any atom is -0.465 e. The van der Waals surface area contributed by atoms with Crippen molar-refractivity contribution in [2.24, 2.45) is 0 Å². The summed E-state index contributed by atoms with van der Waals surface area (Å²) in [6.07, 6.45) is 2.15. The van der Waals surface area contributed by atoms with Gasteiger partial charge in [0.05, 0.1) is 17.6 Å². The normalized spacial score (nSPS) is 16.5. The Morgan fingerprint density at radius 3 is 2.84 bits per heavy atom. The van der Waals surface area contributed by atoms with Crippen LogP contribution in [0.2, 0.25) is 0 Å². The molecule has 0 aliphatic carbocycles. The van der Waals surface area contributed by atoms with Gasteiger partial charge in [0.2, 0.25) is 5.82 Å². The molecule has 1 fully saturated rings. The number of nitrogens with one attached hydrogen (secondary N) is 1. The van der Waals surface area contributed by atoms with Crippen molar-refractivity contribution < 1.29 is 14.5 Å². The van der Waals surface area contributed by atoms with Crippen molar-refractivity contribution in [1.29, 1.82) is 0 Å². The molecule has 2 heterocycles. The maximum Gasteiger partial charge on any atom is 0.339 e. The summed E-state index contributed by atoms with van der Waals surface area (Å²) in [4.78, 5) is 28.4. The van der Waals surface area contributed by atoms with Crippen molar-refractivity contribution in [2.45, 2.75) is 12.5 Å². The number of rotatable bonds is 5. The molecule has 0 saturated carbocycles. The summed E-state index contributed by atoms with van der Waals surface area (Å²) in [5.41, 5.74) is 0.886. The van der Waals surface area contributed by atoms with E-state index >= 15 is 0 Å². The Hall–Kier alpha value is -3.16. The van der Waals surface area contributed by atoms with E-state index in [1.807, 2.05) is 35.2 Å². The first-order valence-corrected chi connectivity index (χ1v) is 7.88. The maximum absolute atomic E-state index is 11.6. The van der Waals surface area contributed by atoms with Crippen molar-refractivity contribution in [3.8, 4) is 0 Å². The first-order chi connectivity index (χ1) is 12.1. The monoisotopic (exact) mass is 342 g/mol. The molecule has 1 saturated heterocycles. The lowest BCUT2D eigenvalue weighted by Crippen LogP contribution is -2.27. The van der Waals surface area contributed by atoms with E-state index in [0.717, 1.165) is 12.1 Å². The molecule has 0 spiro atoms. The molecular weight excluding hydrogens is 324 g/mol. The Morgan fingerprint density at radius 1 is 1.40 bits per heavy atom. The van der Waals surface area contributed by atoms with Gasteiger partial charge in [0.25, 0.3) is 0 Å². The third-order valence-corrected chi connectivity index (χ3v) is 4.10. The number of ether oxygens (including phenoxy) is 1. The van der Waals surface area contributed by atoms with E-state index in [9.17, 15) is 14.9 Å². The lowest BCUT2D eigenvalue weighted by Gasteiger charge is -2.18. The Balaban J connectivity index is 1.78. The second kappa shape index (κ2) is 7.16. The lowest BCUT2D eigenvalue weighted by molar-refractivity contribution is -0.384. The van der Waals surface area contributed by atoms with Crippen LogP contribution in [0.25, 0.3) is 0 Å². The molecule has 1 unspecified atom stereocenters. The number of benzene rings is 1. The molecule has 0 radical (unpaired) electrons. The average Bonchev–Trinajstić information content (AvgIpc) is 3.09. The number of para-hydroxylation sites is 1. The van der Waals surface area contributed by atoms with Crippen molar-refractivity contribution in [3.05, 3.63) is 58.3 Å². The quantitative estimate of drug-likeness (QED) is 0.506. The van der Waals surface area contributed by atoms with Crippen LogP contribution in [0.15, 0.2) is 42.6 Å². The number of nitro groups is 1. The highest BCUT2D eigenvalue weighted by Gasteiger charge is 2.29. The molecule has 1 aliphatic rings. The number of carbonyl (C=O) groups excluding carboxylic acids is 1. The summed E-state index contributed by atoms with van der Waals surface area (Å²) in [6, 6.07) is 11.2. The van der Waals surface area contributed by atoms with Crippen molar-refractivity contribution in [3.63, 3.8) is 0 Å². The van der Waals surface area contributed by atoms with Crippen molar-refractivity contribution >= 4 is 23.2 Å². The van der Waals surface area contributed by atoms with E-state index in [0.29, 0.717) is 13.1 Å². The fourth-order valence-electron chi connectivity index (χ4n) is 2.89. The van der Waals surface area contributed by atoms with Gasteiger partial charge in [-0.1, -0.05) is 18.2 Å². The number of nitrogens with zero attached hydrogens (tertiary/aromatic N) is 3. The van der Waals surface area contributed by atoms with Crippen LogP contribution in [0, 0.1) is 10.1 Å². The zero-order valence-corrected chi connectivity index (χ0v) is 13.7. The van der Waals surface area contributed by atoms with Gasteiger partial charge in [-0.25, -0.2) is 9.78 Å². The van der Waals surface area contributed by atoms with Crippen LogP contribution in [0.3, 0.4) is 0 Å². The molecule has 1 aliphatic heterocycles. The van der Waals surface area contributed by atoms with Gasteiger partial charge >= 0.3 is 11.7 Å². The van der Waals surface area contributed by atoms with Gasteiger partial charge in [-0.3, -0.25) is 10.1 Å². The number of aromatic nitrogens is 1. The molecule has 1 N–H and O–H groups in total. The largest absolute Gasteiger partial charge is 0.465 e. The highest BCUT2D eigenvalue weighted by atomic mass is 16.6. The highest BCUT2D eigenvalue weighted by Crippen LogP contribution is 2.30. The Bertz CT molecular complexity index is 781. The first-order valence-electron chi connectivity index (χ1n) is 7.88. The fraction of sp³-hybridized carbons (Fsp3) is 0.294. The predicted octanol–water partition coefficient (Wildman–Crippen LogP) is 2.47. The molecule has 8 heteroatoms. The minimum atomic E-state index is -0.646. The molecule has 0 amide bonds. The van der Waals surface area contributed by atoms with Crippen LogP contribution >= 0.6 is 0 Å². The first kappa shape index (κ1) is 16.7. The van der Waals surface area contributed by atoms with Gasteiger partial charge in [-0.15, -0.1) is 0 Å². The number of anilines is 2. The molecule has 1 aromatic heterocycles. The molecule has 130 valence electrons. The second-order valence-corrected chi connectivity index (χ2v) is 5.76. The van der Waals surface area contributed by atoms with Gasteiger partial charge in [-0.05, 0) is 18.6 Å². The summed E-state index contributed by atoms with van der Waals surface area (Å²) in [5, 5.41) is 14.8. The summed E-state index contributed by atoms with van der Waals surface area (Å²) in [7, 11) is 1.22. The molecule has 0 bridgehead atoms. The van der Waals surface area contributed by atoms with Crippen LogP contribution in [0.5, 0.6) is 0 Å². The standard InChI is InChI=1S/C17H18N4O4/c1-25-17(22)12-9-15(21(23)24)16(18-10-12)20-8-7-14(11-20)19-13-5-3-2-4-6-13/h2-6,9-10,14,19H,7-8,11H2,1H3. The Kier molecular flexibility index (Phi) is 4.78. The van der Waals surface area contributed by atoms with E-state index in [1.165, 1.54) is 19.4 Å². The zero-order chi connectivity index (χ0) is 17.8. The van der Waals surface area contributed by atoms with Gasteiger partial charge in [0.15, 0.2) is 0 Å². The van der Waals surface area contributed by atoms with E-state index in [4.69, 9.17) is 0 Å². The van der Waals surface area contributed by atoms with Crippen LogP contribution in [0.4, 0.5) is 17.2 Å². The van der Waals surface area contributed by atoms with Gasteiger partial charge in [-0.2, -0.15) is 0 Å². The smallest absolute Gasteiger partial charge is 0.339 e. The van der Waals surface area contributed by atoms with Crippen LogP contribution in [0.1, 0.15) is 16.8 Å². The molecule has 8 nitrogen and oxygen atoms in total. The summed E-state index contributed by atoms with van der Waals surface area (Å²) < 4.78 is 4.59. The molecule has 1 aromatic carbocycles. The zero-order valence-electron chi connectivity index (χ0n) is 13.7. The molecular formula is C17H18N4O4. The molecule has 1 atom stereocenters.